The minimum absolute atomic E-state index is 0.101. The third-order valence-corrected chi connectivity index (χ3v) is 3.80. The summed E-state index contributed by atoms with van der Waals surface area (Å²) >= 11 is 0. The molecule has 5 heteroatoms. The van der Waals surface area contributed by atoms with E-state index < -0.39 is 0 Å². The summed E-state index contributed by atoms with van der Waals surface area (Å²) in [4.78, 5) is 16.0. The number of hydrogen-bond acceptors (Lipinski definition) is 4. The standard InChI is InChI=1S/C19H20N2O3/c1-3-23-18(22)13-24-17-9-10-20-19-16(17)11-14(2)21(19)12-15-7-5-4-6-8-15/h4-11H,3,12-13H2,1-2H3. The molecule has 0 saturated carbocycles. The number of carbonyl (C=O) groups excluding carboxylic acids is 1. The van der Waals surface area contributed by atoms with Gasteiger partial charge in [-0.3, -0.25) is 0 Å². The van der Waals surface area contributed by atoms with E-state index in [-0.39, 0.29) is 12.6 Å². The van der Waals surface area contributed by atoms with Crippen molar-refractivity contribution in [1.29, 1.82) is 0 Å². The molecule has 124 valence electrons. The van der Waals surface area contributed by atoms with Gasteiger partial charge in [-0.25, -0.2) is 9.78 Å². The van der Waals surface area contributed by atoms with Crippen molar-refractivity contribution in [3.8, 4) is 5.75 Å². The second kappa shape index (κ2) is 7.17. The molecule has 2 aromatic heterocycles. The van der Waals surface area contributed by atoms with Crippen molar-refractivity contribution >= 4 is 17.0 Å². The highest BCUT2D eigenvalue weighted by atomic mass is 16.6. The summed E-state index contributed by atoms with van der Waals surface area (Å²) in [6.07, 6.45) is 1.70. The lowest BCUT2D eigenvalue weighted by Crippen LogP contribution is -2.14. The summed E-state index contributed by atoms with van der Waals surface area (Å²) in [5.74, 6) is 0.269. The Hall–Kier alpha value is -2.82. The van der Waals surface area contributed by atoms with Gasteiger partial charge in [0, 0.05) is 18.4 Å². The molecule has 0 spiro atoms. The van der Waals surface area contributed by atoms with Crippen molar-refractivity contribution < 1.29 is 14.3 Å². The summed E-state index contributed by atoms with van der Waals surface area (Å²) in [5.41, 5.74) is 3.14. The van der Waals surface area contributed by atoms with Crippen LogP contribution < -0.4 is 4.74 Å². The molecule has 0 aliphatic rings. The number of pyridine rings is 1. The Kier molecular flexibility index (Phi) is 4.79. The number of carbonyl (C=O) groups is 1. The van der Waals surface area contributed by atoms with Crippen LogP contribution in [-0.2, 0) is 16.1 Å². The van der Waals surface area contributed by atoms with Gasteiger partial charge < -0.3 is 14.0 Å². The van der Waals surface area contributed by atoms with Gasteiger partial charge in [-0.15, -0.1) is 0 Å². The Labute approximate surface area is 140 Å². The average molecular weight is 324 g/mol. The van der Waals surface area contributed by atoms with Crippen molar-refractivity contribution in [2.24, 2.45) is 0 Å². The molecular formula is C19H20N2O3. The van der Waals surface area contributed by atoms with Crippen LogP contribution in [0.4, 0.5) is 0 Å². The quantitative estimate of drug-likeness (QED) is 0.653. The lowest BCUT2D eigenvalue weighted by molar-refractivity contribution is -0.145. The van der Waals surface area contributed by atoms with E-state index in [9.17, 15) is 4.79 Å². The zero-order chi connectivity index (χ0) is 16.9. The van der Waals surface area contributed by atoms with E-state index in [1.165, 1.54) is 5.56 Å². The number of nitrogens with zero attached hydrogens (tertiary/aromatic N) is 2. The lowest BCUT2D eigenvalue weighted by Gasteiger charge is -2.09. The van der Waals surface area contributed by atoms with Gasteiger partial charge in [0.2, 0.25) is 0 Å². The minimum atomic E-state index is -0.372. The fourth-order valence-corrected chi connectivity index (χ4v) is 2.68. The summed E-state index contributed by atoms with van der Waals surface area (Å²) in [7, 11) is 0. The molecule has 3 rings (SSSR count). The van der Waals surface area contributed by atoms with Crippen LogP contribution in [-0.4, -0.2) is 28.7 Å². The van der Waals surface area contributed by atoms with Crippen LogP contribution in [0.5, 0.6) is 5.75 Å². The van der Waals surface area contributed by atoms with Gasteiger partial charge in [0.25, 0.3) is 0 Å². The maximum absolute atomic E-state index is 11.5. The van der Waals surface area contributed by atoms with Gasteiger partial charge in [-0.1, -0.05) is 30.3 Å². The number of aromatic nitrogens is 2. The van der Waals surface area contributed by atoms with Crippen LogP contribution in [0.25, 0.3) is 11.0 Å². The van der Waals surface area contributed by atoms with Gasteiger partial charge in [-0.2, -0.15) is 0 Å². The summed E-state index contributed by atoms with van der Waals surface area (Å²) in [5, 5.41) is 0.898. The van der Waals surface area contributed by atoms with Crippen LogP contribution in [0.2, 0.25) is 0 Å². The van der Waals surface area contributed by atoms with Gasteiger partial charge in [0.05, 0.1) is 12.0 Å². The summed E-state index contributed by atoms with van der Waals surface area (Å²) in [6, 6.07) is 14.0. The molecule has 24 heavy (non-hydrogen) atoms. The molecule has 0 saturated heterocycles. The number of esters is 1. The normalized spacial score (nSPS) is 10.8. The SMILES string of the molecule is CCOC(=O)COc1ccnc2c1cc(C)n2Cc1ccccc1. The number of rotatable bonds is 6. The molecule has 2 heterocycles. The predicted octanol–water partition coefficient (Wildman–Crippen LogP) is 3.33. The third-order valence-electron chi connectivity index (χ3n) is 3.80. The smallest absolute Gasteiger partial charge is 0.344 e. The van der Waals surface area contributed by atoms with Crippen LogP contribution in [0.1, 0.15) is 18.2 Å². The zero-order valence-electron chi connectivity index (χ0n) is 13.9. The highest BCUT2D eigenvalue weighted by molar-refractivity contribution is 5.84. The molecule has 0 N–H and O–H groups in total. The molecular weight excluding hydrogens is 304 g/mol. The first-order valence-electron chi connectivity index (χ1n) is 7.96. The first-order chi connectivity index (χ1) is 11.7. The van der Waals surface area contributed by atoms with Crippen LogP contribution in [0.3, 0.4) is 0 Å². The van der Waals surface area contributed by atoms with E-state index in [0.29, 0.717) is 12.4 Å². The molecule has 0 amide bonds. The Morgan fingerprint density at radius 2 is 2.00 bits per heavy atom. The molecule has 0 radical (unpaired) electrons. The minimum Gasteiger partial charge on any atom is -0.481 e. The monoisotopic (exact) mass is 324 g/mol. The van der Waals surface area contributed by atoms with E-state index in [4.69, 9.17) is 9.47 Å². The molecule has 0 unspecified atom stereocenters. The van der Waals surface area contributed by atoms with Gasteiger partial charge in [-0.05, 0) is 31.5 Å². The zero-order valence-corrected chi connectivity index (χ0v) is 13.9. The maximum Gasteiger partial charge on any atom is 0.344 e. The van der Waals surface area contributed by atoms with Crippen LogP contribution in [0, 0.1) is 6.92 Å². The fraction of sp³-hybridized carbons (Fsp3) is 0.263. The number of benzene rings is 1. The second-order valence-corrected chi connectivity index (χ2v) is 5.50. The van der Waals surface area contributed by atoms with Gasteiger partial charge in [0.15, 0.2) is 6.61 Å². The molecule has 1 aromatic carbocycles. The highest BCUT2D eigenvalue weighted by Gasteiger charge is 2.13. The molecule has 5 nitrogen and oxygen atoms in total. The Morgan fingerprint density at radius 1 is 1.21 bits per heavy atom. The molecule has 0 fully saturated rings. The molecule has 0 aliphatic heterocycles. The van der Waals surface area contributed by atoms with Gasteiger partial charge in [0.1, 0.15) is 11.4 Å². The Balaban J connectivity index is 1.88. The van der Waals surface area contributed by atoms with Crippen molar-refractivity contribution in [3.05, 3.63) is 59.9 Å². The van der Waals surface area contributed by atoms with E-state index in [1.807, 2.05) is 31.2 Å². The van der Waals surface area contributed by atoms with Crippen molar-refractivity contribution in [2.75, 3.05) is 13.2 Å². The maximum atomic E-state index is 11.5. The van der Waals surface area contributed by atoms with Crippen molar-refractivity contribution in [3.63, 3.8) is 0 Å². The lowest BCUT2D eigenvalue weighted by atomic mass is 10.2. The highest BCUT2D eigenvalue weighted by Crippen LogP contribution is 2.27. The van der Waals surface area contributed by atoms with Crippen LogP contribution in [0.15, 0.2) is 48.7 Å². The van der Waals surface area contributed by atoms with Crippen molar-refractivity contribution in [1.82, 2.24) is 9.55 Å². The summed E-state index contributed by atoms with van der Waals surface area (Å²) in [6.45, 7) is 4.80. The number of fused-ring (bicyclic) bond motifs is 1. The Morgan fingerprint density at radius 3 is 2.75 bits per heavy atom. The predicted molar refractivity (Wildman–Crippen MR) is 92.1 cm³/mol. The first kappa shape index (κ1) is 16.1. The average Bonchev–Trinajstić information content (AvgIpc) is 2.91. The van der Waals surface area contributed by atoms with E-state index in [1.54, 1.807) is 19.2 Å². The van der Waals surface area contributed by atoms with Crippen molar-refractivity contribution in [2.45, 2.75) is 20.4 Å². The number of ether oxygens (including phenoxy) is 2. The topological polar surface area (TPSA) is 53.4 Å². The Bertz CT molecular complexity index is 840. The molecule has 0 atom stereocenters. The first-order valence-corrected chi connectivity index (χ1v) is 7.96. The summed E-state index contributed by atoms with van der Waals surface area (Å²) < 4.78 is 12.7. The van der Waals surface area contributed by atoms with E-state index >= 15 is 0 Å². The van der Waals surface area contributed by atoms with Gasteiger partial charge >= 0.3 is 5.97 Å². The second-order valence-electron chi connectivity index (χ2n) is 5.50. The van der Waals surface area contributed by atoms with Crippen LogP contribution >= 0.6 is 0 Å². The number of hydrogen-bond donors (Lipinski definition) is 0. The third kappa shape index (κ3) is 3.40. The fourth-order valence-electron chi connectivity index (χ4n) is 2.68. The molecule has 3 aromatic rings. The van der Waals surface area contributed by atoms with E-state index in [2.05, 4.69) is 21.7 Å². The largest absolute Gasteiger partial charge is 0.481 e. The van der Waals surface area contributed by atoms with E-state index in [0.717, 1.165) is 23.3 Å². The number of aryl methyl sites for hydroxylation is 1. The molecule has 0 bridgehead atoms. The molecule has 0 aliphatic carbocycles.